The minimum atomic E-state index is -0.877. The second-order valence-corrected chi connectivity index (χ2v) is 10.4. The number of carbonyl (C=O) groups is 3. The Bertz CT molecular complexity index is 1600. The van der Waals surface area contributed by atoms with Gasteiger partial charge >= 0.3 is 0 Å². The summed E-state index contributed by atoms with van der Waals surface area (Å²) in [6.45, 7) is 3.72. The van der Waals surface area contributed by atoms with Gasteiger partial charge in [-0.3, -0.25) is 19.4 Å². The Labute approximate surface area is 241 Å². The normalized spacial score (nSPS) is 15.6. The molecule has 2 atom stereocenters. The van der Waals surface area contributed by atoms with Gasteiger partial charge in [-0.15, -0.1) is 0 Å². The number of carbonyl (C=O) groups excluding carboxylic acids is 3. The lowest BCUT2D eigenvalue weighted by molar-refractivity contribution is -0.121. The van der Waals surface area contributed by atoms with Crippen LogP contribution in [0.1, 0.15) is 50.5 Å². The van der Waals surface area contributed by atoms with Crippen molar-refractivity contribution in [2.24, 2.45) is 0 Å². The van der Waals surface area contributed by atoms with Gasteiger partial charge in [0.15, 0.2) is 0 Å². The van der Waals surface area contributed by atoms with Crippen LogP contribution in [0.2, 0.25) is 10.0 Å². The van der Waals surface area contributed by atoms with Gasteiger partial charge < -0.3 is 15.5 Å². The number of fused-ring (bicyclic) bond motifs is 1. The Balaban J connectivity index is 1.48. The molecule has 0 radical (unpaired) electrons. The third-order valence-corrected chi connectivity index (χ3v) is 7.31. The minimum Gasteiger partial charge on any atom is -0.323 e. The molecule has 10 heteroatoms. The number of nitrogens with zero attached hydrogens (tertiary/aromatic N) is 3. The van der Waals surface area contributed by atoms with Crippen LogP contribution in [0.25, 0.3) is 0 Å². The van der Waals surface area contributed by atoms with Gasteiger partial charge in [-0.05, 0) is 73.5 Å². The van der Waals surface area contributed by atoms with E-state index in [2.05, 4.69) is 20.6 Å². The molecule has 2 aromatic heterocycles. The van der Waals surface area contributed by atoms with Gasteiger partial charge in [-0.1, -0.05) is 41.4 Å². The first-order valence-corrected chi connectivity index (χ1v) is 13.3. The van der Waals surface area contributed by atoms with Crippen molar-refractivity contribution in [3.8, 4) is 0 Å². The third-order valence-electron chi connectivity index (χ3n) is 6.76. The summed E-state index contributed by atoms with van der Waals surface area (Å²) in [6, 6.07) is 17.3. The third kappa shape index (κ3) is 5.68. The van der Waals surface area contributed by atoms with Crippen molar-refractivity contribution in [2.45, 2.75) is 32.4 Å². The molecule has 8 nitrogen and oxygen atoms in total. The fourth-order valence-corrected chi connectivity index (χ4v) is 5.09. The number of halogens is 2. The fourth-order valence-electron chi connectivity index (χ4n) is 4.64. The molecule has 2 unspecified atom stereocenters. The maximum absolute atomic E-state index is 14.0. The van der Waals surface area contributed by atoms with Gasteiger partial charge in [0.1, 0.15) is 11.9 Å². The first-order valence-electron chi connectivity index (χ1n) is 12.6. The van der Waals surface area contributed by atoms with Crippen LogP contribution in [0.4, 0.5) is 11.5 Å². The van der Waals surface area contributed by atoms with Crippen molar-refractivity contribution in [1.82, 2.24) is 14.9 Å². The number of amides is 3. The molecule has 4 aromatic rings. The monoisotopic (exact) mass is 573 g/mol. The zero-order chi connectivity index (χ0) is 28.4. The van der Waals surface area contributed by atoms with Crippen LogP contribution >= 0.6 is 23.2 Å². The van der Waals surface area contributed by atoms with Gasteiger partial charge in [0.05, 0.1) is 27.9 Å². The maximum Gasteiger partial charge on any atom is 0.258 e. The highest BCUT2D eigenvalue weighted by Gasteiger charge is 2.39. The van der Waals surface area contributed by atoms with E-state index in [1.54, 1.807) is 60.9 Å². The molecule has 3 heterocycles. The molecule has 5 rings (SSSR count). The zero-order valence-electron chi connectivity index (χ0n) is 21.7. The zero-order valence-corrected chi connectivity index (χ0v) is 23.2. The second-order valence-electron chi connectivity index (χ2n) is 9.52. The van der Waals surface area contributed by atoms with E-state index in [-0.39, 0.29) is 28.8 Å². The number of rotatable bonds is 6. The van der Waals surface area contributed by atoms with Crippen LogP contribution in [0.15, 0.2) is 79.1 Å². The van der Waals surface area contributed by atoms with Crippen LogP contribution in [0.3, 0.4) is 0 Å². The van der Waals surface area contributed by atoms with Crippen molar-refractivity contribution in [1.29, 1.82) is 0 Å². The molecule has 1 aliphatic heterocycles. The first kappa shape index (κ1) is 27.3. The Morgan fingerprint density at radius 2 is 1.88 bits per heavy atom. The standard InChI is InChI=1S/C30H25Cl2N5O3/c1-17-6-11-27(34-16-17)36-28(38)22-9-7-19(13-24(22)32)18(2)37-26(15-21-5-3-4-12-33-21)29(39)35-25-14-20(31)8-10-23(25)30(37)40/h3-14,16,18,26H,15H2,1-2H3,(H,35,39)(H,34,36,38). The molecule has 1 aliphatic rings. The van der Waals surface area contributed by atoms with Crippen LogP contribution in [-0.4, -0.2) is 38.6 Å². The molecule has 2 aromatic carbocycles. The number of hydrogen-bond donors (Lipinski definition) is 2. The molecular formula is C30H25Cl2N5O3. The molecule has 40 heavy (non-hydrogen) atoms. The summed E-state index contributed by atoms with van der Waals surface area (Å²) in [5.74, 6) is -0.715. The summed E-state index contributed by atoms with van der Waals surface area (Å²) in [6.07, 6.45) is 3.50. The van der Waals surface area contributed by atoms with Gasteiger partial charge in [0.2, 0.25) is 5.91 Å². The average molecular weight is 574 g/mol. The number of nitrogens with one attached hydrogen (secondary N) is 2. The van der Waals surface area contributed by atoms with E-state index >= 15 is 0 Å². The highest BCUT2D eigenvalue weighted by molar-refractivity contribution is 6.34. The molecule has 0 spiro atoms. The largest absolute Gasteiger partial charge is 0.323 e. The Kier molecular flexibility index (Phi) is 7.82. The quantitative estimate of drug-likeness (QED) is 0.289. The number of aryl methyl sites for hydroxylation is 1. The number of hydrogen-bond acceptors (Lipinski definition) is 5. The summed E-state index contributed by atoms with van der Waals surface area (Å²) in [7, 11) is 0. The maximum atomic E-state index is 14.0. The number of aromatic nitrogens is 2. The van der Waals surface area contributed by atoms with Gasteiger partial charge in [0.25, 0.3) is 11.8 Å². The SMILES string of the molecule is Cc1ccc(NC(=O)c2ccc(C(C)N3C(=O)c4ccc(Cl)cc4NC(=O)C3Cc3ccccn3)cc2Cl)nc1. The lowest BCUT2D eigenvalue weighted by atomic mass is 9.99. The number of anilines is 2. The van der Waals surface area contributed by atoms with Crippen LogP contribution in [-0.2, 0) is 11.2 Å². The lowest BCUT2D eigenvalue weighted by Crippen LogP contribution is -2.47. The van der Waals surface area contributed by atoms with E-state index in [1.807, 2.05) is 32.0 Å². The van der Waals surface area contributed by atoms with Gasteiger partial charge in [0, 0.05) is 29.5 Å². The van der Waals surface area contributed by atoms with E-state index in [0.717, 1.165) is 5.56 Å². The molecule has 3 amide bonds. The Morgan fingerprint density at radius 3 is 2.58 bits per heavy atom. The van der Waals surface area contributed by atoms with Crippen molar-refractivity contribution < 1.29 is 14.4 Å². The first-order chi connectivity index (χ1) is 19.2. The summed E-state index contributed by atoms with van der Waals surface area (Å²) in [5.41, 5.74) is 3.20. The molecule has 202 valence electrons. The summed E-state index contributed by atoms with van der Waals surface area (Å²) in [5, 5.41) is 6.21. The van der Waals surface area contributed by atoms with E-state index < -0.39 is 18.0 Å². The van der Waals surface area contributed by atoms with Gasteiger partial charge in [-0.2, -0.15) is 0 Å². The van der Waals surface area contributed by atoms with Crippen molar-refractivity contribution >= 4 is 52.4 Å². The smallest absolute Gasteiger partial charge is 0.258 e. The Morgan fingerprint density at radius 1 is 1.05 bits per heavy atom. The highest BCUT2D eigenvalue weighted by atomic mass is 35.5. The number of benzene rings is 2. The summed E-state index contributed by atoms with van der Waals surface area (Å²) < 4.78 is 0. The van der Waals surface area contributed by atoms with E-state index in [4.69, 9.17) is 23.2 Å². The molecule has 0 bridgehead atoms. The van der Waals surface area contributed by atoms with Crippen molar-refractivity contribution in [3.63, 3.8) is 0 Å². The number of pyridine rings is 2. The fraction of sp³-hybridized carbons (Fsp3) is 0.167. The van der Waals surface area contributed by atoms with Crippen LogP contribution in [0, 0.1) is 6.92 Å². The highest BCUT2D eigenvalue weighted by Crippen LogP contribution is 2.34. The predicted octanol–water partition coefficient (Wildman–Crippen LogP) is 6.11. The van der Waals surface area contributed by atoms with Gasteiger partial charge in [-0.25, -0.2) is 4.98 Å². The van der Waals surface area contributed by atoms with E-state index in [9.17, 15) is 14.4 Å². The Hall–Kier alpha value is -4.27. The summed E-state index contributed by atoms with van der Waals surface area (Å²) in [4.78, 5) is 50.5. The average Bonchev–Trinajstić information content (AvgIpc) is 3.03. The van der Waals surface area contributed by atoms with Crippen molar-refractivity contribution in [3.05, 3.63) is 117 Å². The molecule has 0 saturated carbocycles. The van der Waals surface area contributed by atoms with Crippen LogP contribution in [0.5, 0.6) is 0 Å². The molecule has 2 N–H and O–H groups in total. The minimum absolute atomic E-state index is 0.197. The van der Waals surface area contributed by atoms with E-state index in [1.165, 1.54) is 4.90 Å². The molecule has 0 saturated heterocycles. The van der Waals surface area contributed by atoms with Crippen molar-refractivity contribution in [2.75, 3.05) is 10.6 Å². The predicted molar refractivity (Wildman–Crippen MR) is 155 cm³/mol. The van der Waals surface area contributed by atoms with E-state index in [0.29, 0.717) is 33.3 Å². The second kappa shape index (κ2) is 11.5. The topological polar surface area (TPSA) is 104 Å². The summed E-state index contributed by atoms with van der Waals surface area (Å²) >= 11 is 12.7. The van der Waals surface area contributed by atoms with Crippen LogP contribution < -0.4 is 10.6 Å². The molecule has 0 aliphatic carbocycles. The molecule has 0 fully saturated rings. The lowest BCUT2D eigenvalue weighted by Gasteiger charge is -2.34. The molecular weight excluding hydrogens is 549 g/mol.